The molecule has 150 valence electrons. The van der Waals surface area contributed by atoms with Crippen LogP contribution in [0.25, 0.3) is 6.08 Å². The number of amides is 3. The monoisotopic (exact) mass is 406 g/mol. The summed E-state index contributed by atoms with van der Waals surface area (Å²) in [4.78, 5) is 48.1. The molecule has 0 atom stereocenters. The lowest BCUT2D eigenvalue weighted by atomic mass is 10.2. The number of nitrogens with one attached hydrogen (secondary N) is 1. The predicted octanol–water partition coefficient (Wildman–Crippen LogP) is 2.49. The first-order valence-electron chi connectivity index (χ1n) is 8.79. The molecule has 28 heavy (non-hydrogen) atoms. The Morgan fingerprint density at radius 1 is 1.21 bits per heavy atom. The third-order valence-corrected chi connectivity index (χ3v) is 4.90. The molecule has 2 N–H and O–H groups in total. The number of carbonyl (C=O) groups is 4. The molecular weight excluding hydrogens is 384 g/mol. The van der Waals surface area contributed by atoms with Gasteiger partial charge in [-0.1, -0.05) is 24.6 Å². The van der Waals surface area contributed by atoms with Crippen LogP contribution in [0.3, 0.4) is 0 Å². The van der Waals surface area contributed by atoms with Crippen molar-refractivity contribution in [3.05, 3.63) is 34.7 Å². The summed E-state index contributed by atoms with van der Waals surface area (Å²) in [5.41, 5.74) is 0.668. The second-order valence-corrected chi connectivity index (χ2v) is 7.06. The van der Waals surface area contributed by atoms with Gasteiger partial charge in [-0.2, -0.15) is 0 Å². The quantitative estimate of drug-likeness (QED) is 0.453. The van der Waals surface area contributed by atoms with Crippen molar-refractivity contribution in [1.82, 2.24) is 10.2 Å². The highest BCUT2D eigenvalue weighted by atomic mass is 32.2. The predicted molar refractivity (Wildman–Crippen MR) is 105 cm³/mol. The van der Waals surface area contributed by atoms with Crippen LogP contribution in [0.1, 0.15) is 31.2 Å². The largest absolute Gasteiger partial charge is 0.496 e. The van der Waals surface area contributed by atoms with Gasteiger partial charge in [-0.3, -0.25) is 24.1 Å². The summed E-state index contributed by atoms with van der Waals surface area (Å²) in [5.74, 6) is -1.21. The zero-order chi connectivity index (χ0) is 20.5. The molecule has 8 nitrogen and oxygen atoms in total. The van der Waals surface area contributed by atoms with Gasteiger partial charge in [-0.15, -0.1) is 0 Å². The molecule has 1 heterocycles. The standard InChI is InChI=1S/C19H22N2O6S/c1-27-14-8-5-4-7-13(14)11-15-18(25)21(19(26)28-15)12-16(22)20-10-6-2-3-9-17(23)24/h4-5,7-8,11H,2-3,6,9-10,12H2,1H3,(H,20,22)(H,23,24)/b15-11-. The topological polar surface area (TPSA) is 113 Å². The van der Waals surface area contributed by atoms with Crippen molar-refractivity contribution in [2.24, 2.45) is 0 Å². The number of rotatable bonds is 10. The van der Waals surface area contributed by atoms with E-state index in [0.29, 0.717) is 37.1 Å². The fraction of sp³-hybridized carbons (Fsp3) is 0.368. The number of aliphatic carboxylic acids is 1. The third kappa shape index (κ3) is 6.12. The number of carbonyl (C=O) groups excluding carboxylic acids is 3. The summed E-state index contributed by atoms with van der Waals surface area (Å²) in [6, 6.07) is 7.11. The van der Waals surface area contributed by atoms with Crippen LogP contribution >= 0.6 is 11.8 Å². The number of hydrogen-bond donors (Lipinski definition) is 2. The summed E-state index contributed by atoms with van der Waals surface area (Å²) in [6.45, 7) is 0.0226. The lowest BCUT2D eigenvalue weighted by Gasteiger charge is -2.12. The van der Waals surface area contributed by atoms with Gasteiger partial charge in [0.25, 0.3) is 11.1 Å². The maximum Gasteiger partial charge on any atom is 0.303 e. The van der Waals surface area contributed by atoms with Crippen LogP contribution in [0.5, 0.6) is 5.75 Å². The number of methoxy groups -OCH3 is 1. The first kappa shape index (κ1) is 21.5. The lowest BCUT2D eigenvalue weighted by molar-refractivity contribution is -0.137. The number of hydrogen-bond acceptors (Lipinski definition) is 6. The van der Waals surface area contributed by atoms with Gasteiger partial charge in [0, 0.05) is 18.5 Å². The van der Waals surface area contributed by atoms with E-state index in [0.717, 1.165) is 16.7 Å². The summed E-state index contributed by atoms with van der Waals surface area (Å²) in [6.07, 6.45) is 3.53. The van der Waals surface area contributed by atoms with Crippen LogP contribution in [-0.2, 0) is 14.4 Å². The van der Waals surface area contributed by atoms with Crippen molar-refractivity contribution in [3.63, 3.8) is 0 Å². The number of carboxylic acid groups (broad SMARTS) is 1. The number of unbranched alkanes of at least 4 members (excludes halogenated alkanes) is 2. The van der Waals surface area contributed by atoms with E-state index >= 15 is 0 Å². The minimum Gasteiger partial charge on any atom is -0.496 e. The minimum absolute atomic E-state index is 0.100. The molecule has 0 unspecified atom stereocenters. The highest BCUT2D eigenvalue weighted by Crippen LogP contribution is 2.33. The van der Waals surface area contributed by atoms with E-state index in [4.69, 9.17) is 9.84 Å². The van der Waals surface area contributed by atoms with E-state index in [1.807, 2.05) is 0 Å². The van der Waals surface area contributed by atoms with Crippen LogP contribution < -0.4 is 10.1 Å². The van der Waals surface area contributed by atoms with Gasteiger partial charge in [0.15, 0.2) is 0 Å². The van der Waals surface area contributed by atoms with E-state index < -0.39 is 23.0 Å². The molecule has 0 aromatic heterocycles. The van der Waals surface area contributed by atoms with Crippen LogP contribution in [-0.4, -0.2) is 53.2 Å². The number of para-hydroxylation sites is 1. The Balaban J connectivity index is 1.87. The zero-order valence-corrected chi connectivity index (χ0v) is 16.3. The first-order valence-corrected chi connectivity index (χ1v) is 9.61. The Kier molecular flexibility index (Phi) is 8.06. The number of benzene rings is 1. The molecule has 0 saturated carbocycles. The Bertz CT molecular complexity index is 792. The van der Waals surface area contributed by atoms with Crippen LogP contribution in [0.4, 0.5) is 4.79 Å². The maximum absolute atomic E-state index is 12.5. The molecule has 1 aliphatic rings. The van der Waals surface area contributed by atoms with Gasteiger partial charge in [0.1, 0.15) is 12.3 Å². The molecule has 1 aromatic rings. The molecule has 0 spiro atoms. The Labute approximate surface area is 166 Å². The van der Waals surface area contributed by atoms with Gasteiger partial charge in [-0.05, 0) is 36.7 Å². The second kappa shape index (κ2) is 10.5. The summed E-state index contributed by atoms with van der Waals surface area (Å²) < 4.78 is 5.23. The molecule has 1 saturated heterocycles. The van der Waals surface area contributed by atoms with Crippen molar-refractivity contribution in [2.75, 3.05) is 20.2 Å². The normalized spacial score (nSPS) is 15.2. The van der Waals surface area contributed by atoms with Gasteiger partial charge in [0.05, 0.1) is 12.0 Å². The van der Waals surface area contributed by atoms with E-state index in [1.54, 1.807) is 30.3 Å². The number of ether oxygens (including phenoxy) is 1. The molecule has 0 radical (unpaired) electrons. The number of nitrogens with zero attached hydrogens (tertiary/aromatic N) is 1. The van der Waals surface area contributed by atoms with Crippen molar-refractivity contribution >= 4 is 40.9 Å². The molecule has 1 fully saturated rings. The highest BCUT2D eigenvalue weighted by Gasteiger charge is 2.36. The average Bonchev–Trinajstić information content (AvgIpc) is 2.92. The van der Waals surface area contributed by atoms with Gasteiger partial charge in [-0.25, -0.2) is 0 Å². The molecule has 0 bridgehead atoms. The summed E-state index contributed by atoms with van der Waals surface area (Å²) >= 11 is 0.783. The average molecular weight is 406 g/mol. The van der Waals surface area contributed by atoms with Crippen LogP contribution in [0.2, 0.25) is 0 Å². The molecule has 1 aromatic carbocycles. The first-order chi connectivity index (χ1) is 13.4. The van der Waals surface area contributed by atoms with Crippen LogP contribution in [0.15, 0.2) is 29.2 Å². The Morgan fingerprint density at radius 2 is 1.96 bits per heavy atom. The van der Waals surface area contributed by atoms with E-state index in [9.17, 15) is 19.2 Å². The number of thioether (sulfide) groups is 1. The molecule has 1 aliphatic heterocycles. The van der Waals surface area contributed by atoms with Gasteiger partial charge >= 0.3 is 5.97 Å². The van der Waals surface area contributed by atoms with Gasteiger partial charge in [0.2, 0.25) is 5.91 Å². The number of carboxylic acids is 1. The lowest BCUT2D eigenvalue weighted by Crippen LogP contribution is -2.39. The van der Waals surface area contributed by atoms with Crippen molar-refractivity contribution in [1.29, 1.82) is 0 Å². The summed E-state index contributed by atoms with van der Waals surface area (Å²) in [7, 11) is 1.52. The van der Waals surface area contributed by atoms with Crippen molar-refractivity contribution in [2.45, 2.75) is 25.7 Å². The molecular formula is C19H22N2O6S. The van der Waals surface area contributed by atoms with Crippen molar-refractivity contribution < 1.29 is 29.0 Å². The van der Waals surface area contributed by atoms with E-state index in [2.05, 4.69) is 5.32 Å². The second-order valence-electron chi connectivity index (χ2n) is 6.06. The molecule has 2 rings (SSSR count). The Hall–Kier alpha value is -2.81. The fourth-order valence-electron chi connectivity index (χ4n) is 2.57. The zero-order valence-electron chi connectivity index (χ0n) is 15.5. The van der Waals surface area contributed by atoms with Gasteiger partial charge < -0.3 is 15.2 Å². The maximum atomic E-state index is 12.5. The van der Waals surface area contributed by atoms with E-state index in [1.165, 1.54) is 7.11 Å². The SMILES string of the molecule is COc1ccccc1/C=C1\SC(=O)N(CC(=O)NCCCCCC(=O)O)C1=O. The molecule has 9 heteroatoms. The van der Waals surface area contributed by atoms with E-state index in [-0.39, 0.29) is 17.9 Å². The van der Waals surface area contributed by atoms with Crippen LogP contribution in [0, 0.1) is 0 Å². The minimum atomic E-state index is -0.843. The smallest absolute Gasteiger partial charge is 0.303 e. The summed E-state index contributed by atoms with van der Waals surface area (Å²) in [5, 5.41) is 10.7. The Morgan fingerprint density at radius 3 is 2.68 bits per heavy atom. The molecule has 0 aliphatic carbocycles. The third-order valence-electron chi connectivity index (χ3n) is 3.99. The number of imide groups is 1. The fourth-order valence-corrected chi connectivity index (χ4v) is 3.40. The highest BCUT2D eigenvalue weighted by molar-refractivity contribution is 8.18. The van der Waals surface area contributed by atoms with Crippen molar-refractivity contribution in [3.8, 4) is 5.75 Å². The molecule has 3 amide bonds.